The van der Waals surface area contributed by atoms with Crippen LogP contribution in [-0.4, -0.2) is 47.5 Å². The minimum atomic E-state index is -0.810. The van der Waals surface area contributed by atoms with E-state index in [1.165, 1.54) is 12.1 Å². The predicted molar refractivity (Wildman–Crippen MR) is 105 cm³/mol. The third-order valence-corrected chi connectivity index (χ3v) is 5.18. The second kappa shape index (κ2) is 8.62. The topological polar surface area (TPSA) is 58.8 Å². The van der Waals surface area contributed by atoms with Crippen LogP contribution in [0.3, 0.4) is 0 Å². The summed E-state index contributed by atoms with van der Waals surface area (Å²) in [7, 11) is 2.03. The Morgan fingerprint density at radius 1 is 1.13 bits per heavy atom. The van der Waals surface area contributed by atoms with Gasteiger partial charge < -0.3 is 14.2 Å². The van der Waals surface area contributed by atoms with E-state index in [2.05, 4.69) is 10.1 Å². The maximum atomic E-state index is 13.7. The third kappa shape index (κ3) is 4.18. The van der Waals surface area contributed by atoms with Gasteiger partial charge >= 0.3 is 0 Å². The lowest BCUT2D eigenvalue weighted by atomic mass is 10.0. The molecule has 0 radical (unpaired) electrons. The third-order valence-electron chi connectivity index (χ3n) is 5.18. The number of carbonyl (C=O) groups is 1. The molecule has 1 saturated heterocycles. The number of benzene rings is 2. The van der Waals surface area contributed by atoms with Gasteiger partial charge in [0, 0.05) is 25.7 Å². The Labute approximate surface area is 172 Å². The summed E-state index contributed by atoms with van der Waals surface area (Å²) in [5, 5.41) is 3.82. The van der Waals surface area contributed by atoms with Gasteiger partial charge in [0.25, 0.3) is 5.91 Å². The molecule has 1 aliphatic heterocycles. The van der Waals surface area contributed by atoms with Gasteiger partial charge in [-0.3, -0.25) is 9.69 Å². The Hall–Kier alpha value is -3.26. The van der Waals surface area contributed by atoms with E-state index in [4.69, 9.17) is 9.26 Å². The Morgan fingerprint density at radius 3 is 2.60 bits per heavy atom. The molecule has 0 unspecified atom stereocenters. The first-order valence-electron chi connectivity index (χ1n) is 9.60. The molecule has 3 aromatic rings. The summed E-state index contributed by atoms with van der Waals surface area (Å²) >= 11 is 0. The van der Waals surface area contributed by atoms with Gasteiger partial charge in [-0.15, -0.1) is 0 Å². The number of rotatable bonds is 5. The average Bonchev–Trinajstić information content (AvgIpc) is 3.23. The molecule has 156 valence electrons. The summed E-state index contributed by atoms with van der Waals surface area (Å²) < 4.78 is 37.6. The van der Waals surface area contributed by atoms with Crippen LogP contribution in [0.15, 0.2) is 59.1 Å². The highest BCUT2D eigenvalue weighted by Crippen LogP contribution is 2.25. The number of hydrogen-bond donors (Lipinski definition) is 0. The molecule has 2 heterocycles. The van der Waals surface area contributed by atoms with Gasteiger partial charge in [-0.2, -0.15) is 0 Å². The molecule has 2 aromatic carbocycles. The second-order valence-electron chi connectivity index (χ2n) is 7.18. The molecule has 30 heavy (non-hydrogen) atoms. The van der Waals surface area contributed by atoms with Gasteiger partial charge in [0.15, 0.2) is 28.8 Å². The van der Waals surface area contributed by atoms with Crippen molar-refractivity contribution < 1.29 is 22.8 Å². The lowest BCUT2D eigenvalue weighted by Crippen LogP contribution is -2.49. The molecule has 0 spiro atoms. The summed E-state index contributed by atoms with van der Waals surface area (Å²) in [5.41, 5.74) is 1.28. The number of hydrogen-bond acceptors (Lipinski definition) is 5. The van der Waals surface area contributed by atoms with Gasteiger partial charge in [0.2, 0.25) is 0 Å². The van der Waals surface area contributed by atoms with E-state index in [0.717, 1.165) is 24.2 Å². The summed E-state index contributed by atoms with van der Waals surface area (Å²) in [6.07, 6.45) is 0. The standard InChI is InChI=1S/C22H21F2N3O3/c1-26-10-11-27(13-20(26)15-6-3-2-4-7-15)22(28)19-12-16(30-25-19)14-29-21-17(23)8-5-9-18(21)24/h2-9,12,20H,10-11,13-14H2,1H3/t20-/m0/s1. The highest BCUT2D eigenvalue weighted by molar-refractivity contribution is 5.92. The lowest BCUT2D eigenvalue weighted by molar-refractivity contribution is 0.0536. The van der Waals surface area contributed by atoms with Crippen molar-refractivity contribution in [2.24, 2.45) is 0 Å². The van der Waals surface area contributed by atoms with E-state index < -0.39 is 17.4 Å². The highest BCUT2D eigenvalue weighted by Gasteiger charge is 2.30. The minimum absolute atomic E-state index is 0.0858. The number of likely N-dealkylation sites (N-methyl/N-ethyl adjacent to an activating group) is 1. The van der Waals surface area contributed by atoms with Crippen LogP contribution >= 0.6 is 0 Å². The van der Waals surface area contributed by atoms with Crippen molar-refractivity contribution in [3.05, 3.63) is 83.2 Å². The van der Waals surface area contributed by atoms with Crippen LogP contribution in [0, 0.1) is 11.6 Å². The van der Waals surface area contributed by atoms with Crippen LogP contribution in [0.1, 0.15) is 27.9 Å². The lowest BCUT2D eigenvalue weighted by Gasteiger charge is -2.39. The maximum Gasteiger partial charge on any atom is 0.276 e. The van der Waals surface area contributed by atoms with Crippen molar-refractivity contribution in [2.45, 2.75) is 12.6 Å². The summed E-state index contributed by atoms with van der Waals surface area (Å²) in [5.74, 6) is -2.16. The van der Waals surface area contributed by atoms with Gasteiger partial charge in [-0.25, -0.2) is 8.78 Å². The number of nitrogens with zero attached hydrogens (tertiary/aromatic N) is 3. The zero-order chi connectivity index (χ0) is 21.1. The first-order chi connectivity index (χ1) is 14.5. The molecular weight excluding hydrogens is 392 g/mol. The van der Waals surface area contributed by atoms with Crippen LogP contribution in [0.4, 0.5) is 8.78 Å². The summed E-state index contributed by atoms with van der Waals surface area (Å²) in [6.45, 7) is 1.58. The second-order valence-corrected chi connectivity index (χ2v) is 7.18. The monoisotopic (exact) mass is 413 g/mol. The number of halogens is 2. The Morgan fingerprint density at radius 2 is 1.87 bits per heavy atom. The molecule has 1 aromatic heterocycles. The quantitative estimate of drug-likeness (QED) is 0.639. The molecule has 6 nitrogen and oxygen atoms in total. The number of amides is 1. The van der Waals surface area contributed by atoms with Crippen molar-refractivity contribution in [1.29, 1.82) is 0 Å². The minimum Gasteiger partial charge on any atom is -0.479 e. The van der Waals surface area contributed by atoms with Crippen molar-refractivity contribution in [3.63, 3.8) is 0 Å². The van der Waals surface area contributed by atoms with Gasteiger partial charge in [0.05, 0.1) is 6.04 Å². The molecule has 1 amide bonds. The highest BCUT2D eigenvalue weighted by atomic mass is 19.1. The van der Waals surface area contributed by atoms with Crippen LogP contribution in [-0.2, 0) is 6.61 Å². The van der Waals surface area contributed by atoms with E-state index in [9.17, 15) is 13.6 Å². The Balaban J connectivity index is 1.42. The van der Waals surface area contributed by atoms with Crippen molar-refractivity contribution in [1.82, 2.24) is 15.0 Å². The van der Waals surface area contributed by atoms with E-state index in [1.54, 1.807) is 4.90 Å². The van der Waals surface area contributed by atoms with Crippen molar-refractivity contribution in [2.75, 3.05) is 26.7 Å². The van der Waals surface area contributed by atoms with Crippen molar-refractivity contribution >= 4 is 5.91 Å². The fraction of sp³-hybridized carbons (Fsp3) is 0.273. The van der Waals surface area contributed by atoms with Crippen molar-refractivity contribution in [3.8, 4) is 5.75 Å². The Kier molecular flexibility index (Phi) is 5.76. The molecule has 0 bridgehead atoms. The number of para-hydroxylation sites is 1. The zero-order valence-corrected chi connectivity index (χ0v) is 16.4. The smallest absolute Gasteiger partial charge is 0.276 e. The molecule has 4 rings (SSSR count). The molecule has 8 heteroatoms. The van der Waals surface area contributed by atoms with Crippen LogP contribution in [0.2, 0.25) is 0 Å². The molecule has 0 N–H and O–H groups in total. The van der Waals surface area contributed by atoms with E-state index in [-0.39, 0.29) is 30.0 Å². The van der Waals surface area contributed by atoms with Gasteiger partial charge in [-0.1, -0.05) is 41.6 Å². The van der Waals surface area contributed by atoms with Gasteiger partial charge in [0.1, 0.15) is 6.61 Å². The molecule has 0 saturated carbocycles. The first-order valence-corrected chi connectivity index (χ1v) is 9.60. The van der Waals surface area contributed by atoms with Crippen LogP contribution in [0.25, 0.3) is 0 Å². The van der Waals surface area contributed by atoms with E-state index >= 15 is 0 Å². The Bertz CT molecular complexity index is 1010. The van der Waals surface area contributed by atoms with Crippen LogP contribution in [0.5, 0.6) is 5.75 Å². The number of aromatic nitrogens is 1. The molecule has 1 fully saturated rings. The maximum absolute atomic E-state index is 13.7. The molecular formula is C22H21F2N3O3. The normalized spacial score (nSPS) is 17.2. The van der Waals surface area contributed by atoms with Gasteiger partial charge in [-0.05, 0) is 24.7 Å². The average molecular weight is 413 g/mol. The largest absolute Gasteiger partial charge is 0.479 e. The molecule has 1 aliphatic rings. The zero-order valence-electron chi connectivity index (χ0n) is 16.4. The van der Waals surface area contributed by atoms with E-state index in [1.807, 2.05) is 37.4 Å². The predicted octanol–water partition coefficient (Wildman–Crippen LogP) is 3.66. The summed E-state index contributed by atoms with van der Waals surface area (Å²) in [6, 6.07) is 15.0. The first kappa shape index (κ1) is 20.0. The fourth-order valence-corrected chi connectivity index (χ4v) is 3.50. The van der Waals surface area contributed by atoms with E-state index in [0.29, 0.717) is 13.1 Å². The SMILES string of the molecule is CN1CCN(C(=O)c2cc(COc3c(F)cccc3F)on2)C[C@H]1c1ccccc1. The van der Waals surface area contributed by atoms with Crippen LogP contribution < -0.4 is 4.74 Å². The number of carbonyl (C=O) groups excluding carboxylic acids is 1. The summed E-state index contributed by atoms with van der Waals surface area (Å²) in [4.78, 5) is 16.8. The number of ether oxygens (including phenoxy) is 1. The number of piperazine rings is 1. The molecule has 1 atom stereocenters. The molecule has 0 aliphatic carbocycles. The fourth-order valence-electron chi connectivity index (χ4n) is 3.50.